The van der Waals surface area contributed by atoms with Gasteiger partial charge in [-0.3, -0.25) is 10.1 Å². The highest BCUT2D eigenvalue weighted by Crippen LogP contribution is 2.29. The lowest BCUT2D eigenvalue weighted by Crippen LogP contribution is -2.13. The molecule has 0 aliphatic carbocycles. The number of halogens is 1. The van der Waals surface area contributed by atoms with Gasteiger partial charge in [0.2, 0.25) is 0 Å². The number of amides is 1. The van der Waals surface area contributed by atoms with Crippen LogP contribution in [0.2, 0.25) is 0 Å². The number of hydrogen-bond donors (Lipinski definition) is 1. The average molecular weight is 459 g/mol. The van der Waals surface area contributed by atoms with Gasteiger partial charge in [-0.15, -0.1) is 11.3 Å². The number of nitrogens with zero attached hydrogens (tertiary/aromatic N) is 1. The van der Waals surface area contributed by atoms with E-state index in [-0.39, 0.29) is 24.1 Å². The summed E-state index contributed by atoms with van der Waals surface area (Å²) >= 11 is 1.37. The van der Waals surface area contributed by atoms with Crippen LogP contribution in [0.15, 0.2) is 89.5 Å². The number of fused-ring (bicyclic) bond motifs is 1. The Morgan fingerprint density at radius 1 is 1.00 bits per heavy atom. The van der Waals surface area contributed by atoms with Crippen LogP contribution < -0.4 is 10.1 Å². The van der Waals surface area contributed by atoms with Crippen molar-refractivity contribution in [2.24, 2.45) is 0 Å². The standard InChI is InChI=1S/C26H19FN2O3S/c27-18-12-10-17(11-13-18)14-20-15-28-26(33-20)29-25(30)24-22(16-31-19-6-2-1-3-7-19)21-8-4-5-9-23(21)32-24/h1-13,15H,14,16H2,(H,28,29,30). The number of thiazole rings is 1. The number of ether oxygens (including phenoxy) is 1. The van der Waals surface area contributed by atoms with Gasteiger partial charge in [0.15, 0.2) is 10.9 Å². The molecule has 1 N–H and O–H groups in total. The van der Waals surface area contributed by atoms with Gasteiger partial charge >= 0.3 is 0 Å². The van der Waals surface area contributed by atoms with E-state index in [0.717, 1.165) is 15.8 Å². The second-order valence-electron chi connectivity index (χ2n) is 7.40. The van der Waals surface area contributed by atoms with Crippen LogP contribution in [0.1, 0.15) is 26.6 Å². The highest BCUT2D eigenvalue weighted by molar-refractivity contribution is 7.15. The molecule has 1 amide bonds. The first-order chi connectivity index (χ1) is 16.2. The van der Waals surface area contributed by atoms with Crippen LogP contribution in [0.5, 0.6) is 5.75 Å². The Labute approximate surface area is 193 Å². The summed E-state index contributed by atoms with van der Waals surface area (Å²) in [4.78, 5) is 18.4. The molecule has 0 fully saturated rings. The molecule has 2 heterocycles. The van der Waals surface area contributed by atoms with Gasteiger partial charge in [-0.05, 0) is 35.9 Å². The van der Waals surface area contributed by atoms with Crippen LogP contribution in [0.25, 0.3) is 11.0 Å². The second kappa shape index (κ2) is 9.26. The maximum absolute atomic E-state index is 13.1. The van der Waals surface area contributed by atoms with Gasteiger partial charge in [-0.1, -0.05) is 48.5 Å². The molecule has 0 unspecified atom stereocenters. The van der Waals surface area contributed by atoms with Crippen molar-refractivity contribution < 1.29 is 18.3 Å². The largest absolute Gasteiger partial charge is 0.489 e. The number of benzene rings is 3. The lowest BCUT2D eigenvalue weighted by molar-refractivity contribution is 0.0995. The zero-order chi connectivity index (χ0) is 22.6. The van der Waals surface area contributed by atoms with Crippen molar-refractivity contribution in [2.75, 3.05) is 5.32 Å². The summed E-state index contributed by atoms with van der Waals surface area (Å²) in [7, 11) is 0. The minimum Gasteiger partial charge on any atom is -0.489 e. The van der Waals surface area contributed by atoms with Crippen LogP contribution >= 0.6 is 11.3 Å². The molecular formula is C26H19FN2O3S. The first kappa shape index (κ1) is 20.9. The third-order valence-corrected chi connectivity index (χ3v) is 6.01. The van der Waals surface area contributed by atoms with Crippen molar-refractivity contribution in [1.29, 1.82) is 0 Å². The minimum atomic E-state index is -0.388. The fraction of sp³-hybridized carbons (Fsp3) is 0.0769. The van der Waals surface area contributed by atoms with Gasteiger partial charge < -0.3 is 9.15 Å². The number of aromatic nitrogens is 1. The summed E-state index contributed by atoms with van der Waals surface area (Å²) in [5.41, 5.74) is 2.26. The van der Waals surface area contributed by atoms with Crippen molar-refractivity contribution in [2.45, 2.75) is 13.0 Å². The van der Waals surface area contributed by atoms with E-state index < -0.39 is 0 Å². The van der Waals surface area contributed by atoms with E-state index in [1.54, 1.807) is 18.3 Å². The molecule has 5 nitrogen and oxygen atoms in total. The molecule has 2 aromatic heterocycles. The van der Waals surface area contributed by atoms with Gasteiger partial charge in [0.1, 0.15) is 23.8 Å². The van der Waals surface area contributed by atoms with Gasteiger partial charge in [-0.2, -0.15) is 0 Å². The summed E-state index contributed by atoms with van der Waals surface area (Å²) in [6, 6.07) is 23.2. The minimum absolute atomic E-state index is 0.192. The SMILES string of the molecule is O=C(Nc1ncc(Cc2ccc(F)cc2)s1)c1oc2ccccc2c1COc1ccccc1. The topological polar surface area (TPSA) is 64.4 Å². The third-order valence-electron chi connectivity index (χ3n) is 5.10. The Bertz CT molecular complexity index is 1390. The molecule has 0 atom stereocenters. The van der Waals surface area contributed by atoms with Gasteiger partial charge in [-0.25, -0.2) is 9.37 Å². The third kappa shape index (κ3) is 4.78. The maximum Gasteiger partial charge on any atom is 0.293 e. The van der Waals surface area contributed by atoms with Crippen LogP contribution in [0.4, 0.5) is 9.52 Å². The predicted molar refractivity (Wildman–Crippen MR) is 126 cm³/mol. The smallest absolute Gasteiger partial charge is 0.293 e. The molecule has 33 heavy (non-hydrogen) atoms. The quantitative estimate of drug-likeness (QED) is 0.304. The molecule has 0 bridgehead atoms. The summed E-state index contributed by atoms with van der Waals surface area (Å²) < 4.78 is 24.9. The number of furan rings is 1. The molecule has 3 aromatic carbocycles. The van der Waals surface area contributed by atoms with E-state index in [2.05, 4.69) is 10.3 Å². The zero-order valence-electron chi connectivity index (χ0n) is 17.5. The molecule has 5 aromatic rings. The number of para-hydroxylation sites is 2. The molecule has 0 saturated carbocycles. The second-order valence-corrected chi connectivity index (χ2v) is 8.51. The van der Waals surface area contributed by atoms with Crippen molar-refractivity contribution in [1.82, 2.24) is 4.98 Å². The Hall–Kier alpha value is -3.97. The lowest BCUT2D eigenvalue weighted by Gasteiger charge is -2.07. The number of carbonyl (C=O) groups is 1. The lowest BCUT2D eigenvalue weighted by atomic mass is 10.1. The molecule has 0 aliphatic rings. The average Bonchev–Trinajstić information content (AvgIpc) is 3.44. The van der Waals surface area contributed by atoms with E-state index in [0.29, 0.717) is 28.4 Å². The molecule has 7 heteroatoms. The van der Waals surface area contributed by atoms with Crippen molar-refractivity contribution in [3.8, 4) is 5.75 Å². The summed E-state index contributed by atoms with van der Waals surface area (Å²) in [5, 5.41) is 4.13. The Morgan fingerprint density at radius 3 is 2.58 bits per heavy atom. The van der Waals surface area contributed by atoms with Crippen LogP contribution in [0, 0.1) is 5.82 Å². The van der Waals surface area contributed by atoms with E-state index in [1.807, 2.05) is 54.6 Å². The van der Waals surface area contributed by atoms with Crippen molar-refractivity contribution >= 4 is 33.3 Å². The summed E-state index contributed by atoms with van der Waals surface area (Å²) in [5.74, 6) is 0.247. The van der Waals surface area contributed by atoms with E-state index in [1.165, 1.54) is 23.5 Å². The fourth-order valence-electron chi connectivity index (χ4n) is 3.50. The highest BCUT2D eigenvalue weighted by atomic mass is 32.1. The molecular weight excluding hydrogens is 439 g/mol. The zero-order valence-corrected chi connectivity index (χ0v) is 18.3. The molecule has 0 aliphatic heterocycles. The van der Waals surface area contributed by atoms with Gasteiger partial charge in [0.25, 0.3) is 5.91 Å². The summed E-state index contributed by atoms with van der Waals surface area (Å²) in [6.07, 6.45) is 2.32. The Kier molecular flexibility index (Phi) is 5.87. The van der Waals surface area contributed by atoms with Crippen molar-refractivity contribution in [3.05, 3.63) is 113 Å². The van der Waals surface area contributed by atoms with E-state index in [4.69, 9.17) is 9.15 Å². The van der Waals surface area contributed by atoms with Gasteiger partial charge in [0, 0.05) is 28.4 Å². The first-order valence-electron chi connectivity index (χ1n) is 10.3. The molecule has 0 spiro atoms. The number of hydrogen-bond acceptors (Lipinski definition) is 5. The maximum atomic E-state index is 13.1. The Balaban J connectivity index is 1.35. The molecule has 0 radical (unpaired) electrons. The number of nitrogens with one attached hydrogen (secondary N) is 1. The normalized spacial score (nSPS) is 10.9. The van der Waals surface area contributed by atoms with Gasteiger partial charge in [0.05, 0.1) is 0 Å². The number of carbonyl (C=O) groups excluding carboxylic acids is 1. The Morgan fingerprint density at radius 2 is 1.76 bits per heavy atom. The van der Waals surface area contributed by atoms with Crippen LogP contribution in [0.3, 0.4) is 0 Å². The first-order valence-corrected chi connectivity index (χ1v) is 11.2. The predicted octanol–water partition coefficient (Wildman–Crippen LogP) is 6.45. The number of rotatable bonds is 7. The van der Waals surface area contributed by atoms with Crippen LogP contribution in [-0.4, -0.2) is 10.9 Å². The number of anilines is 1. The van der Waals surface area contributed by atoms with Crippen molar-refractivity contribution in [3.63, 3.8) is 0 Å². The molecule has 164 valence electrons. The molecule has 0 saturated heterocycles. The fourth-order valence-corrected chi connectivity index (χ4v) is 4.34. The monoisotopic (exact) mass is 458 g/mol. The molecule has 5 rings (SSSR count). The van der Waals surface area contributed by atoms with Crippen LogP contribution in [-0.2, 0) is 13.0 Å². The van der Waals surface area contributed by atoms with E-state index in [9.17, 15) is 9.18 Å². The van der Waals surface area contributed by atoms with E-state index >= 15 is 0 Å². The summed E-state index contributed by atoms with van der Waals surface area (Å²) in [6.45, 7) is 0.192. The highest BCUT2D eigenvalue weighted by Gasteiger charge is 2.22.